The average Bonchev–Trinajstić information content (AvgIpc) is 2.17. The van der Waals surface area contributed by atoms with Crippen LogP contribution in [0.5, 0.6) is 5.75 Å². The third-order valence-corrected chi connectivity index (χ3v) is 2.01. The smallest absolute Gasteiger partial charge is 0.311 e. The fraction of sp³-hybridized carbons (Fsp3) is 0.333. The zero-order chi connectivity index (χ0) is 12.1. The number of ether oxygens (including phenoxy) is 1. The highest BCUT2D eigenvalue weighted by Crippen LogP contribution is 2.17. The van der Waals surface area contributed by atoms with Crippen LogP contribution in [-0.2, 0) is 4.79 Å². The van der Waals surface area contributed by atoms with Crippen LogP contribution in [0.3, 0.4) is 0 Å². The van der Waals surface area contributed by atoms with E-state index >= 15 is 0 Å². The lowest BCUT2D eigenvalue weighted by molar-refractivity contribution is -0.134. The van der Waals surface area contributed by atoms with E-state index in [-0.39, 0.29) is 23.5 Å². The van der Waals surface area contributed by atoms with Crippen LogP contribution < -0.4 is 4.74 Å². The van der Waals surface area contributed by atoms with Crippen molar-refractivity contribution in [1.82, 2.24) is 0 Å². The van der Waals surface area contributed by atoms with Crippen molar-refractivity contribution in [3.05, 3.63) is 29.6 Å². The topological polar surface area (TPSA) is 43.4 Å². The van der Waals surface area contributed by atoms with Gasteiger partial charge in [-0.1, -0.05) is 6.92 Å². The van der Waals surface area contributed by atoms with Gasteiger partial charge in [0.25, 0.3) is 0 Å². The number of hydrogen-bond acceptors (Lipinski definition) is 3. The van der Waals surface area contributed by atoms with Gasteiger partial charge >= 0.3 is 5.97 Å². The summed E-state index contributed by atoms with van der Waals surface area (Å²) in [7, 11) is 0. The number of halogens is 1. The van der Waals surface area contributed by atoms with E-state index in [0.29, 0.717) is 6.42 Å². The van der Waals surface area contributed by atoms with Crippen LogP contribution in [0.1, 0.15) is 37.0 Å². The Balaban J connectivity index is 2.81. The largest absolute Gasteiger partial charge is 0.426 e. The van der Waals surface area contributed by atoms with Crippen molar-refractivity contribution in [3.63, 3.8) is 0 Å². The molecule has 0 aromatic heterocycles. The van der Waals surface area contributed by atoms with Crippen molar-refractivity contribution in [2.24, 2.45) is 0 Å². The lowest BCUT2D eigenvalue weighted by atomic mass is 10.1. The number of carbonyl (C=O) groups excluding carboxylic acids is 2. The molecule has 3 nitrogen and oxygen atoms in total. The number of benzene rings is 1. The molecule has 0 atom stereocenters. The maximum absolute atomic E-state index is 13.3. The molecule has 0 aliphatic carbocycles. The molecule has 1 aromatic carbocycles. The molecule has 86 valence electrons. The zero-order valence-corrected chi connectivity index (χ0v) is 9.25. The van der Waals surface area contributed by atoms with Crippen LogP contribution in [0.4, 0.5) is 4.39 Å². The molecule has 0 bridgehead atoms. The molecule has 0 saturated carbocycles. The van der Waals surface area contributed by atoms with Gasteiger partial charge < -0.3 is 4.74 Å². The third-order valence-electron chi connectivity index (χ3n) is 2.01. The molecule has 0 aliphatic heterocycles. The van der Waals surface area contributed by atoms with Crippen molar-refractivity contribution in [1.29, 1.82) is 0 Å². The molecule has 0 fully saturated rings. The second-order valence-electron chi connectivity index (χ2n) is 3.42. The standard InChI is InChI=1S/C12H13FO3/c1-3-4-12(15)16-9-5-6-10(8(2)14)11(13)7-9/h5-7H,3-4H2,1-2H3. The number of Topliss-reactive ketones (excluding diaryl/α,β-unsaturated/α-hetero) is 1. The Hall–Kier alpha value is -1.71. The minimum Gasteiger partial charge on any atom is -0.426 e. The fourth-order valence-electron chi connectivity index (χ4n) is 1.23. The molecule has 1 rings (SSSR count). The highest BCUT2D eigenvalue weighted by molar-refractivity contribution is 5.94. The van der Waals surface area contributed by atoms with Gasteiger partial charge in [0.1, 0.15) is 11.6 Å². The molecule has 16 heavy (non-hydrogen) atoms. The van der Waals surface area contributed by atoms with Crippen LogP contribution in [0.25, 0.3) is 0 Å². The highest BCUT2D eigenvalue weighted by Gasteiger charge is 2.10. The van der Waals surface area contributed by atoms with Crippen molar-refractivity contribution >= 4 is 11.8 Å². The van der Waals surface area contributed by atoms with Crippen molar-refractivity contribution in [2.75, 3.05) is 0 Å². The Bertz CT molecular complexity index is 413. The Morgan fingerprint density at radius 3 is 2.56 bits per heavy atom. The molecule has 0 radical (unpaired) electrons. The molecule has 0 amide bonds. The molecule has 0 N–H and O–H groups in total. The monoisotopic (exact) mass is 224 g/mol. The van der Waals surface area contributed by atoms with Crippen molar-refractivity contribution < 1.29 is 18.7 Å². The molecule has 4 heteroatoms. The maximum atomic E-state index is 13.3. The van der Waals surface area contributed by atoms with E-state index in [2.05, 4.69) is 0 Å². The summed E-state index contributed by atoms with van der Waals surface area (Å²) in [6.07, 6.45) is 0.961. The quantitative estimate of drug-likeness (QED) is 0.448. The molecular formula is C12H13FO3. The van der Waals surface area contributed by atoms with E-state index in [1.165, 1.54) is 19.1 Å². The summed E-state index contributed by atoms with van der Waals surface area (Å²) >= 11 is 0. The maximum Gasteiger partial charge on any atom is 0.311 e. The van der Waals surface area contributed by atoms with Crippen LogP contribution in [0, 0.1) is 5.82 Å². The Kier molecular flexibility index (Phi) is 4.17. The van der Waals surface area contributed by atoms with Gasteiger partial charge in [-0.25, -0.2) is 4.39 Å². The van der Waals surface area contributed by atoms with Gasteiger partial charge in [-0.3, -0.25) is 9.59 Å². The SMILES string of the molecule is CCCC(=O)Oc1ccc(C(C)=O)c(F)c1. The number of carbonyl (C=O) groups is 2. The lowest BCUT2D eigenvalue weighted by Gasteiger charge is -2.04. The first-order valence-electron chi connectivity index (χ1n) is 5.05. The number of rotatable bonds is 4. The minimum atomic E-state index is -0.672. The number of esters is 1. The van der Waals surface area contributed by atoms with Gasteiger partial charge in [0, 0.05) is 12.5 Å². The molecule has 1 aromatic rings. The fourth-order valence-corrected chi connectivity index (χ4v) is 1.23. The van der Waals surface area contributed by atoms with Crippen LogP contribution >= 0.6 is 0 Å². The predicted molar refractivity (Wildman–Crippen MR) is 56.9 cm³/mol. The van der Waals surface area contributed by atoms with Gasteiger partial charge in [-0.05, 0) is 25.5 Å². The molecular weight excluding hydrogens is 211 g/mol. The second-order valence-corrected chi connectivity index (χ2v) is 3.42. The zero-order valence-electron chi connectivity index (χ0n) is 9.25. The van der Waals surface area contributed by atoms with Crippen molar-refractivity contribution in [2.45, 2.75) is 26.7 Å². The predicted octanol–water partition coefficient (Wildman–Crippen LogP) is 2.73. The molecule has 0 saturated heterocycles. The van der Waals surface area contributed by atoms with Crippen molar-refractivity contribution in [3.8, 4) is 5.75 Å². The Morgan fingerprint density at radius 1 is 1.38 bits per heavy atom. The second kappa shape index (κ2) is 5.39. The van der Waals surface area contributed by atoms with E-state index in [0.717, 1.165) is 6.07 Å². The summed E-state index contributed by atoms with van der Waals surface area (Å²) in [5, 5.41) is 0. The Morgan fingerprint density at radius 2 is 2.06 bits per heavy atom. The first-order valence-corrected chi connectivity index (χ1v) is 5.05. The normalized spacial score (nSPS) is 9.94. The van der Waals surface area contributed by atoms with E-state index in [1.54, 1.807) is 0 Å². The van der Waals surface area contributed by atoms with Crippen LogP contribution in [0.15, 0.2) is 18.2 Å². The molecule has 0 heterocycles. The van der Waals surface area contributed by atoms with Gasteiger partial charge in [-0.2, -0.15) is 0 Å². The van der Waals surface area contributed by atoms with Gasteiger partial charge in [-0.15, -0.1) is 0 Å². The van der Waals surface area contributed by atoms with E-state index in [9.17, 15) is 14.0 Å². The summed E-state index contributed by atoms with van der Waals surface area (Å²) in [5.41, 5.74) is -0.00436. The van der Waals surface area contributed by atoms with Gasteiger partial charge in [0.2, 0.25) is 0 Å². The lowest BCUT2D eigenvalue weighted by Crippen LogP contribution is -2.07. The summed E-state index contributed by atoms with van der Waals surface area (Å²) in [6.45, 7) is 3.13. The van der Waals surface area contributed by atoms with Crippen LogP contribution in [0.2, 0.25) is 0 Å². The van der Waals surface area contributed by atoms with Gasteiger partial charge in [0.05, 0.1) is 5.56 Å². The van der Waals surface area contributed by atoms with E-state index in [4.69, 9.17) is 4.74 Å². The highest BCUT2D eigenvalue weighted by atomic mass is 19.1. The van der Waals surface area contributed by atoms with Gasteiger partial charge in [0.15, 0.2) is 5.78 Å². The van der Waals surface area contributed by atoms with E-state index < -0.39 is 11.8 Å². The van der Waals surface area contributed by atoms with Crippen LogP contribution in [-0.4, -0.2) is 11.8 Å². The first-order chi connectivity index (χ1) is 7.54. The first kappa shape index (κ1) is 12.4. The number of hydrogen-bond donors (Lipinski definition) is 0. The molecule has 0 aliphatic rings. The summed E-state index contributed by atoms with van der Waals surface area (Å²) in [5.74, 6) is -1.31. The summed E-state index contributed by atoms with van der Waals surface area (Å²) in [4.78, 5) is 22.1. The van der Waals surface area contributed by atoms with E-state index in [1.807, 2.05) is 6.92 Å². The third kappa shape index (κ3) is 3.15. The summed E-state index contributed by atoms with van der Waals surface area (Å²) in [6, 6.07) is 3.77. The Labute approximate surface area is 93.2 Å². The molecule has 0 spiro atoms. The summed E-state index contributed by atoms with van der Waals surface area (Å²) < 4.78 is 18.2. The number of ketones is 1. The average molecular weight is 224 g/mol. The molecule has 0 unspecified atom stereocenters. The minimum absolute atomic E-state index is 0.00436.